The lowest BCUT2D eigenvalue weighted by Gasteiger charge is -2.30. The molecule has 8 heteroatoms. The number of hydrogen-bond donors (Lipinski definition) is 1. The van der Waals surface area contributed by atoms with Crippen LogP contribution in [0.4, 0.5) is 0 Å². The Morgan fingerprint density at radius 2 is 2.07 bits per heavy atom. The topological polar surface area (TPSA) is 72.9 Å². The molecule has 1 aliphatic rings. The van der Waals surface area contributed by atoms with E-state index < -0.39 is 0 Å². The van der Waals surface area contributed by atoms with Gasteiger partial charge in [0.1, 0.15) is 18.0 Å². The molecule has 3 heterocycles. The second-order valence-corrected chi connectivity index (χ2v) is 7.17. The van der Waals surface area contributed by atoms with Crippen molar-refractivity contribution >= 4 is 36.4 Å². The van der Waals surface area contributed by atoms with Crippen LogP contribution in [0.25, 0.3) is 5.65 Å². The van der Waals surface area contributed by atoms with Gasteiger partial charge in [0, 0.05) is 37.1 Å². The van der Waals surface area contributed by atoms with Crippen molar-refractivity contribution in [2.75, 3.05) is 13.1 Å². The molecule has 1 saturated heterocycles. The molecule has 0 aliphatic carbocycles. The highest BCUT2D eigenvalue weighted by Crippen LogP contribution is 2.19. The molecular formula is C21H26Cl2N4O2. The number of carbonyl (C=O) groups excluding carboxylic acids is 1. The van der Waals surface area contributed by atoms with Gasteiger partial charge in [-0.05, 0) is 49.6 Å². The molecule has 29 heavy (non-hydrogen) atoms. The van der Waals surface area contributed by atoms with Gasteiger partial charge in [-0.3, -0.25) is 4.79 Å². The number of nitrogens with two attached hydrogens (primary N) is 1. The standard InChI is InChI=1S/C21H24N4O2.2ClH/c1-15-7-8-20-23-18(13-25(20)11-15)14-27-19-6-2-4-16(10-19)21(26)24-9-3-5-17(22)12-24;;/h2,4,6-8,10-11,13,17H,3,5,9,12,14,22H2,1H3;2*1H. The molecule has 1 amide bonds. The van der Waals surface area contributed by atoms with Crippen molar-refractivity contribution < 1.29 is 9.53 Å². The molecule has 0 spiro atoms. The maximum Gasteiger partial charge on any atom is 0.254 e. The van der Waals surface area contributed by atoms with E-state index in [2.05, 4.69) is 4.98 Å². The van der Waals surface area contributed by atoms with E-state index in [1.165, 1.54) is 5.56 Å². The molecule has 1 aliphatic heterocycles. The summed E-state index contributed by atoms with van der Waals surface area (Å²) in [5.41, 5.74) is 9.55. The molecular weight excluding hydrogens is 411 g/mol. The van der Waals surface area contributed by atoms with Gasteiger partial charge in [0.25, 0.3) is 5.91 Å². The molecule has 156 valence electrons. The summed E-state index contributed by atoms with van der Waals surface area (Å²) in [6.07, 6.45) is 5.93. The van der Waals surface area contributed by atoms with Crippen molar-refractivity contribution in [3.63, 3.8) is 0 Å². The van der Waals surface area contributed by atoms with Gasteiger partial charge in [0.15, 0.2) is 0 Å². The molecule has 3 aromatic rings. The molecule has 6 nitrogen and oxygen atoms in total. The first-order chi connectivity index (χ1) is 13.1. The normalized spacial score (nSPS) is 16.1. The zero-order chi connectivity index (χ0) is 18.8. The second-order valence-electron chi connectivity index (χ2n) is 7.17. The van der Waals surface area contributed by atoms with Gasteiger partial charge in [-0.15, -0.1) is 24.8 Å². The predicted octanol–water partition coefficient (Wildman–Crippen LogP) is 3.63. The van der Waals surface area contributed by atoms with Gasteiger partial charge >= 0.3 is 0 Å². The third-order valence-corrected chi connectivity index (χ3v) is 4.86. The summed E-state index contributed by atoms with van der Waals surface area (Å²) in [7, 11) is 0. The Labute approximate surface area is 182 Å². The van der Waals surface area contributed by atoms with Crippen molar-refractivity contribution in [3.05, 3.63) is 65.6 Å². The average molecular weight is 437 g/mol. The molecule has 0 radical (unpaired) electrons. The van der Waals surface area contributed by atoms with Gasteiger partial charge in [-0.1, -0.05) is 12.1 Å². The van der Waals surface area contributed by atoms with Crippen molar-refractivity contribution in [2.24, 2.45) is 5.73 Å². The van der Waals surface area contributed by atoms with E-state index in [-0.39, 0.29) is 36.8 Å². The minimum absolute atomic E-state index is 0. The molecule has 0 saturated carbocycles. The number of imidazole rings is 1. The van der Waals surface area contributed by atoms with Crippen LogP contribution in [0.15, 0.2) is 48.8 Å². The molecule has 1 atom stereocenters. The van der Waals surface area contributed by atoms with Crippen LogP contribution in [0.3, 0.4) is 0 Å². The van der Waals surface area contributed by atoms with Gasteiger partial charge < -0.3 is 19.8 Å². The van der Waals surface area contributed by atoms with E-state index in [0.717, 1.165) is 30.7 Å². The number of aryl methyl sites for hydroxylation is 1. The first-order valence-electron chi connectivity index (χ1n) is 9.30. The first-order valence-corrected chi connectivity index (χ1v) is 9.30. The van der Waals surface area contributed by atoms with Crippen LogP contribution < -0.4 is 10.5 Å². The number of aromatic nitrogens is 2. The third kappa shape index (κ3) is 5.41. The van der Waals surface area contributed by atoms with Crippen molar-refractivity contribution in [1.82, 2.24) is 14.3 Å². The maximum atomic E-state index is 12.7. The van der Waals surface area contributed by atoms with Crippen LogP contribution in [-0.4, -0.2) is 39.3 Å². The van der Waals surface area contributed by atoms with E-state index in [1.54, 1.807) is 6.07 Å². The summed E-state index contributed by atoms with van der Waals surface area (Å²) in [6, 6.07) is 11.4. The number of fused-ring (bicyclic) bond motifs is 1. The molecule has 1 unspecified atom stereocenters. The predicted molar refractivity (Wildman–Crippen MR) is 118 cm³/mol. The Bertz CT molecular complexity index is 976. The molecule has 2 N–H and O–H groups in total. The summed E-state index contributed by atoms with van der Waals surface area (Å²) in [4.78, 5) is 19.1. The SMILES string of the molecule is Cc1ccc2nc(COc3cccc(C(=O)N4CCCC(N)C4)c3)cn2c1.Cl.Cl. The van der Waals surface area contributed by atoms with Gasteiger partial charge in [-0.2, -0.15) is 0 Å². The number of hydrogen-bond acceptors (Lipinski definition) is 4. The summed E-state index contributed by atoms with van der Waals surface area (Å²) in [5, 5.41) is 0. The number of halogens is 2. The maximum absolute atomic E-state index is 12.7. The fourth-order valence-corrected chi connectivity index (χ4v) is 3.48. The van der Waals surface area contributed by atoms with E-state index in [0.29, 0.717) is 24.5 Å². The molecule has 2 aromatic heterocycles. The first kappa shape index (κ1) is 23.0. The summed E-state index contributed by atoms with van der Waals surface area (Å²) >= 11 is 0. The number of benzene rings is 1. The Hall–Kier alpha value is -2.28. The molecule has 1 fully saturated rings. The van der Waals surface area contributed by atoms with Crippen LogP contribution in [0.1, 0.15) is 34.5 Å². The Morgan fingerprint density at radius 3 is 2.86 bits per heavy atom. The van der Waals surface area contributed by atoms with E-state index in [9.17, 15) is 4.79 Å². The number of ether oxygens (including phenoxy) is 1. The molecule has 4 rings (SSSR count). The van der Waals surface area contributed by atoms with Crippen LogP contribution >= 0.6 is 24.8 Å². The lowest BCUT2D eigenvalue weighted by molar-refractivity contribution is 0.0708. The molecule has 1 aromatic carbocycles. The molecule has 0 bridgehead atoms. The van der Waals surface area contributed by atoms with Crippen LogP contribution in [0.5, 0.6) is 5.75 Å². The average Bonchev–Trinajstić information content (AvgIpc) is 3.08. The lowest BCUT2D eigenvalue weighted by atomic mass is 10.1. The van der Waals surface area contributed by atoms with Gasteiger partial charge in [0.05, 0.1) is 5.69 Å². The minimum atomic E-state index is 0. The van der Waals surface area contributed by atoms with Crippen LogP contribution in [0.2, 0.25) is 0 Å². The zero-order valence-corrected chi connectivity index (χ0v) is 17.9. The Balaban J connectivity index is 0.00000150. The monoisotopic (exact) mass is 436 g/mol. The van der Waals surface area contributed by atoms with Gasteiger partial charge in [0.2, 0.25) is 0 Å². The number of rotatable bonds is 4. The zero-order valence-electron chi connectivity index (χ0n) is 16.3. The number of pyridine rings is 1. The smallest absolute Gasteiger partial charge is 0.254 e. The van der Waals surface area contributed by atoms with Crippen LogP contribution in [-0.2, 0) is 6.61 Å². The summed E-state index contributed by atoms with van der Waals surface area (Å²) in [6.45, 7) is 3.78. The largest absolute Gasteiger partial charge is 0.487 e. The van der Waals surface area contributed by atoms with E-state index in [1.807, 2.05) is 58.9 Å². The second kappa shape index (κ2) is 9.96. The summed E-state index contributed by atoms with van der Waals surface area (Å²) in [5.74, 6) is 0.675. The van der Waals surface area contributed by atoms with Gasteiger partial charge in [-0.25, -0.2) is 4.98 Å². The fraction of sp³-hybridized carbons (Fsp3) is 0.333. The number of nitrogens with zero attached hydrogens (tertiary/aromatic N) is 3. The third-order valence-electron chi connectivity index (χ3n) is 4.86. The van der Waals surface area contributed by atoms with Crippen LogP contribution in [0, 0.1) is 6.92 Å². The highest BCUT2D eigenvalue weighted by molar-refractivity contribution is 5.94. The highest BCUT2D eigenvalue weighted by Gasteiger charge is 2.22. The Kier molecular flexibility index (Phi) is 7.90. The minimum Gasteiger partial charge on any atom is -0.487 e. The highest BCUT2D eigenvalue weighted by atomic mass is 35.5. The quantitative estimate of drug-likeness (QED) is 0.677. The number of piperidine rings is 1. The van der Waals surface area contributed by atoms with Crippen molar-refractivity contribution in [3.8, 4) is 5.75 Å². The van der Waals surface area contributed by atoms with E-state index in [4.69, 9.17) is 10.5 Å². The number of likely N-dealkylation sites (tertiary alicyclic amines) is 1. The fourth-order valence-electron chi connectivity index (χ4n) is 3.48. The number of carbonyl (C=O) groups is 1. The Morgan fingerprint density at radius 1 is 1.24 bits per heavy atom. The van der Waals surface area contributed by atoms with Crippen molar-refractivity contribution in [2.45, 2.75) is 32.4 Å². The van der Waals surface area contributed by atoms with E-state index >= 15 is 0 Å². The summed E-state index contributed by atoms with van der Waals surface area (Å²) < 4.78 is 7.87. The van der Waals surface area contributed by atoms with Crippen molar-refractivity contribution in [1.29, 1.82) is 0 Å². The lowest BCUT2D eigenvalue weighted by Crippen LogP contribution is -2.45. The number of amides is 1.